The van der Waals surface area contributed by atoms with E-state index in [9.17, 15) is 4.79 Å². The average Bonchev–Trinajstić information content (AvgIpc) is 3.15. The fraction of sp³-hybridized carbons (Fsp3) is 0.130. The molecule has 4 aromatic rings. The molecule has 0 aliphatic carbocycles. The standard InChI is InChI=1S/C23H17BrN2O2/c24-18-10-8-16(9-11-18)20-14-19-22(28-20)25-21-17(7-4-12-26(21)23(19)27)13-15-5-2-1-3-6-15/h1-3,5-6,8-11,13-14H,4,7,12H2/b17-13+. The SMILES string of the molecule is O=c1c2cc(-c3ccc(Br)cc3)oc2nc2n1CCC/C2=C\c1ccccc1. The maximum absolute atomic E-state index is 13.1. The van der Waals surface area contributed by atoms with E-state index in [2.05, 4.69) is 34.1 Å². The number of rotatable bonds is 2. The van der Waals surface area contributed by atoms with E-state index >= 15 is 0 Å². The Morgan fingerprint density at radius 2 is 1.86 bits per heavy atom. The number of benzene rings is 2. The van der Waals surface area contributed by atoms with Gasteiger partial charge in [0.05, 0.1) is 0 Å². The number of fused-ring (bicyclic) bond motifs is 2. The maximum atomic E-state index is 13.1. The van der Waals surface area contributed by atoms with Gasteiger partial charge in [0.15, 0.2) is 0 Å². The molecule has 2 aromatic heterocycles. The van der Waals surface area contributed by atoms with Crippen molar-refractivity contribution in [3.8, 4) is 11.3 Å². The highest BCUT2D eigenvalue weighted by Gasteiger charge is 2.21. The largest absolute Gasteiger partial charge is 0.437 e. The van der Waals surface area contributed by atoms with E-state index in [1.54, 1.807) is 10.6 Å². The Morgan fingerprint density at radius 3 is 2.64 bits per heavy atom. The van der Waals surface area contributed by atoms with Crippen LogP contribution in [0.3, 0.4) is 0 Å². The monoisotopic (exact) mass is 432 g/mol. The summed E-state index contributed by atoms with van der Waals surface area (Å²) in [5.74, 6) is 1.37. The zero-order chi connectivity index (χ0) is 19.1. The first-order valence-corrected chi connectivity index (χ1v) is 10.0. The van der Waals surface area contributed by atoms with Gasteiger partial charge in [-0.2, -0.15) is 4.98 Å². The number of aromatic nitrogens is 2. The van der Waals surface area contributed by atoms with Crippen molar-refractivity contribution in [2.24, 2.45) is 0 Å². The minimum absolute atomic E-state index is 0.0363. The van der Waals surface area contributed by atoms with Gasteiger partial charge in [-0.25, -0.2) is 0 Å². The molecule has 0 fully saturated rings. The third kappa shape index (κ3) is 3.02. The molecule has 0 bridgehead atoms. The zero-order valence-electron chi connectivity index (χ0n) is 15.1. The lowest BCUT2D eigenvalue weighted by molar-refractivity contribution is 0.570. The quantitative estimate of drug-likeness (QED) is 0.404. The van der Waals surface area contributed by atoms with Gasteiger partial charge in [-0.1, -0.05) is 58.4 Å². The van der Waals surface area contributed by atoms with Crippen molar-refractivity contribution in [1.29, 1.82) is 0 Å². The van der Waals surface area contributed by atoms with Gasteiger partial charge in [0, 0.05) is 16.6 Å². The summed E-state index contributed by atoms with van der Waals surface area (Å²) in [6.45, 7) is 0.683. The normalized spacial score (nSPS) is 15.1. The van der Waals surface area contributed by atoms with E-state index in [1.165, 1.54) is 0 Å². The van der Waals surface area contributed by atoms with Crippen molar-refractivity contribution in [2.45, 2.75) is 19.4 Å². The van der Waals surface area contributed by atoms with Crippen molar-refractivity contribution < 1.29 is 4.42 Å². The Balaban J connectivity index is 1.67. The van der Waals surface area contributed by atoms with Gasteiger partial charge >= 0.3 is 0 Å². The van der Waals surface area contributed by atoms with E-state index in [4.69, 9.17) is 9.40 Å². The molecular formula is C23H17BrN2O2. The topological polar surface area (TPSA) is 48.0 Å². The summed E-state index contributed by atoms with van der Waals surface area (Å²) in [4.78, 5) is 17.8. The van der Waals surface area contributed by atoms with Gasteiger partial charge in [-0.15, -0.1) is 0 Å². The van der Waals surface area contributed by atoms with Crippen LogP contribution in [-0.2, 0) is 6.54 Å². The van der Waals surface area contributed by atoms with Gasteiger partial charge in [0.2, 0.25) is 5.71 Å². The van der Waals surface area contributed by atoms with Crippen molar-refractivity contribution in [3.63, 3.8) is 0 Å². The molecule has 2 aromatic carbocycles. The van der Waals surface area contributed by atoms with Crippen LogP contribution in [0.5, 0.6) is 0 Å². The third-order valence-electron chi connectivity index (χ3n) is 5.04. The highest BCUT2D eigenvalue weighted by molar-refractivity contribution is 9.10. The smallest absolute Gasteiger partial charge is 0.265 e. The molecule has 0 unspecified atom stereocenters. The summed E-state index contributed by atoms with van der Waals surface area (Å²) < 4.78 is 8.75. The van der Waals surface area contributed by atoms with Gasteiger partial charge in [0.25, 0.3) is 5.56 Å². The van der Waals surface area contributed by atoms with Crippen LogP contribution in [0.1, 0.15) is 24.2 Å². The second-order valence-electron chi connectivity index (χ2n) is 6.91. The van der Waals surface area contributed by atoms with Gasteiger partial charge < -0.3 is 4.42 Å². The van der Waals surface area contributed by atoms with Crippen LogP contribution in [0.2, 0.25) is 0 Å². The maximum Gasteiger partial charge on any atom is 0.265 e. The molecule has 3 heterocycles. The molecule has 28 heavy (non-hydrogen) atoms. The number of halogens is 1. The van der Waals surface area contributed by atoms with Crippen LogP contribution >= 0.6 is 15.9 Å². The summed E-state index contributed by atoms with van der Waals surface area (Å²) in [5, 5.41) is 0.530. The highest BCUT2D eigenvalue weighted by Crippen LogP contribution is 2.30. The van der Waals surface area contributed by atoms with Crippen LogP contribution in [0.15, 0.2) is 74.3 Å². The molecule has 0 N–H and O–H groups in total. The number of allylic oxidation sites excluding steroid dienone is 1. The fourth-order valence-corrected chi connectivity index (χ4v) is 3.92. The Kier molecular flexibility index (Phi) is 4.24. The zero-order valence-corrected chi connectivity index (χ0v) is 16.6. The molecule has 0 radical (unpaired) electrons. The molecule has 0 spiro atoms. The summed E-state index contributed by atoms with van der Waals surface area (Å²) >= 11 is 3.44. The Hall–Kier alpha value is -2.92. The number of hydrogen-bond acceptors (Lipinski definition) is 3. The first kappa shape index (κ1) is 17.2. The lowest BCUT2D eigenvalue weighted by Gasteiger charge is -2.19. The minimum Gasteiger partial charge on any atom is -0.437 e. The molecule has 0 amide bonds. The van der Waals surface area contributed by atoms with Gasteiger partial charge in [0.1, 0.15) is 17.0 Å². The Labute approximate surface area is 170 Å². The van der Waals surface area contributed by atoms with Crippen LogP contribution in [-0.4, -0.2) is 9.55 Å². The van der Waals surface area contributed by atoms with E-state index in [0.29, 0.717) is 29.2 Å². The van der Waals surface area contributed by atoms with E-state index in [1.807, 2.05) is 42.5 Å². The molecule has 138 valence electrons. The van der Waals surface area contributed by atoms with Crippen molar-refractivity contribution in [2.75, 3.05) is 0 Å². The van der Waals surface area contributed by atoms with Crippen LogP contribution in [0, 0.1) is 0 Å². The second-order valence-corrected chi connectivity index (χ2v) is 7.83. The van der Waals surface area contributed by atoms with E-state index in [-0.39, 0.29) is 5.56 Å². The first-order chi connectivity index (χ1) is 13.7. The number of furan rings is 1. The van der Waals surface area contributed by atoms with Crippen molar-refractivity contribution in [3.05, 3.63) is 86.9 Å². The molecular weight excluding hydrogens is 416 g/mol. The molecule has 0 saturated carbocycles. The molecule has 5 rings (SSSR count). The Bertz CT molecular complexity index is 1250. The summed E-state index contributed by atoms with van der Waals surface area (Å²) in [5.41, 5.74) is 3.46. The van der Waals surface area contributed by atoms with Crippen LogP contribution in [0.4, 0.5) is 0 Å². The number of nitrogens with zero attached hydrogens (tertiary/aromatic N) is 2. The van der Waals surface area contributed by atoms with Gasteiger partial charge in [-0.3, -0.25) is 9.36 Å². The minimum atomic E-state index is -0.0363. The average molecular weight is 433 g/mol. The molecule has 0 atom stereocenters. The van der Waals surface area contributed by atoms with Crippen molar-refractivity contribution >= 4 is 38.7 Å². The molecule has 1 aliphatic heterocycles. The molecule has 4 nitrogen and oxygen atoms in total. The predicted octanol–water partition coefficient (Wildman–Crippen LogP) is 5.75. The fourth-order valence-electron chi connectivity index (χ4n) is 3.65. The predicted molar refractivity (Wildman–Crippen MR) is 115 cm³/mol. The number of hydrogen-bond donors (Lipinski definition) is 0. The van der Waals surface area contributed by atoms with E-state index in [0.717, 1.165) is 34.0 Å². The van der Waals surface area contributed by atoms with Gasteiger partial charge in [-0.05, 0) is 48.3 Å². The lowest BCUT2D eigenvalue weighted by Crippen LogP contribution is -2.27. The Morgan fingerprint density at radius 1 is 1.07 bits per heavy atom. The van der Waals surface area contributed by atoms with E-state index < -0.39 is 0 Å². The first-order valence-electron chi connectivity index (χ1n) is 9.25. The van der Waals surface area contributed by atoms with Crippen LogP contribution in [0.25, 0.3) is 34.1 Å². The summed E-state index contributed by atoms with van der Waals surface area (Å²) in [6.07, 6.45) is 3.94. The molecule has 0 saturated heterocycles. The second kappa shape index (κ2) is 6.91. The third-order valence-corrected chi connectivity index (χ3v) is 5.56. The van der Waals surface area contributed by atoms with Crippen molar-refractivity contribution in [1.82, 2.24) is 9.55 Å². The summed E-state index contributed by atoms with van der Waals surface area (Å²) in [7, 11) is 0. The lowest BCUT2D eigenvalue weighted by atomic mass is 10.0. The molecule has 1 aliphatic rings. The summed E-state index contributed by atoms with van der Waals surface area (Å²) in [6, 6.07) is 19.8. The molecule has 5 heteroatoms. The highest BCUT2D eigenvalue weighted by atomic mass is 79.9. The van der Waals surface area contributed by atoms with Crippen LogP contribution < -0.4 is 5.56 Å².